The van der Waals surface area contributed by atoms with Gasteiger partial charge < -0.3 is 0 Å². The van der Waals surface area contributed by atoms with Crippen LogP contribution in [0.2, 0.25) is 0 Å². The van der Waals surface area contributed by atoms with Crippen LogP contribution in [0.3, 0.4) is 0 Å². The zero-order valence-electron chi connectivity index (χ0n) is 15.9. The standard InChI is InChI=1S/C8H11ClO2S2.C8H12S.ClHO3S/c1-8(2,3)6-4-5-7(12-6)13(9,10)11;1-8(2,3)7-5-4-6-9-7;1-5(2,3)4/h4-5H,1-3H3;4-6H,1-3H3;(H,2,3,4). The van der Waals surface area contributed by atoms with Gasteiger partial charge in [0.15, 0.2) is 0 Å². The number of halogens is 2. The van der Waals surface area contributed by atoms with Crippen molar-refractivity contribution in [3.63, 3.8) is 0 Å². The molecule has 0 bridgehead atoms. The molecule has 0 saturated carbocycles. The maximum absolute atomic E-state index is 10.9. The van der Waals surface area contributed by atoms with E-state index in [1.165, 1.54) is 16.2 Å². The van der Waals surface area contributed by atoms with Crippen molar-refractivity contribution in [1.82, 2.24) is 0 Å². The van der Waals surface area contributed by atoms with Crippen LogP contribution in [0.25, 0.3) is 0 Å². The van der Waals surface area contributed by atoms with Crippen molar-refractivity contribution in [1.29, 1.82) is 0 Å². The second kappa shape index (κ2) is 10.0. The van der Waals surface area contributed by atoms with E-state index in [1.807, 2.05) is 32.1 Å². The summed E-state index contributed by atoms with van der Waals surface area (Å²) in [4.78, 5) is 2.48. The van der Waals surface area contributed by atoms with Crippen molar-refractivity contribution >= 4 is 62.4 Å². The molecule has 0 unspecified atom stereocenters. The van der Waals surface area contributed by atoms with Gasteiger partial charge in [0.1, 0.15) is 4.21 Å². The van der Waals surface area contributed by atoms with Crippen LogP contribution in [0.5, 0.6) is 0 Å². The molecule has 2 aromatic heterocycles. The van der Waals surface area contributed by atoms with Gasteiger partial charge in [-0.3, -0.25) is 4.55 Å². The van der Waals surface area contributed by atoms with Crippen molar-refractivity contribution in [2.45, 2.75) is 56.6 Å². The van der Waals surface area contributed by atoms with Crippen LogP contribution < -0.4 is 0 Å². The van der Waals surface area contributed by atoms with Gasteiger partial charge in [-0.2, -0.15) is 8.42 Å². The molecule has 0 spiro atoms. The number of rotatable bonds is 1. The fourth-order valence-corrected chi connectivity index (χ4v) is 4.50. The predicted octanol–water partition coefficient (Wildman–Crippen LogP) is 6.05. The number of hydrogen-bond acceptors (Lipinski definition) is 6. The summed E-state index contributed by atoms with van der Waals surface area (Å²) in [5.41, 5.74) is 0.318. The maximum atomic E-state index is 10.9. The minimum atomic E-state index is -4.19. The highest BCUT2D eigenvalue weighted by atomic mass is 35.7. The third-order valence-electron chi connectivity index (χ3n) is 2.82. The molecular weight excluding hydrogens is 471 g/mol. The Labute approximate surface area is 179 Å². The number of thiophene rings is 2. The molecule has 0 aromatic carbocycles. The molecule has 156 valence electrons. The lowest BCUT2D eigenvalue weighted by atomic mass is 9.95. The first-order valence-corrected chi connectivity index (χ1v) is 13.8. The van der Waals surface area contributed by atoms with Crippen molar-refractivity contribution in [3.8, 4) is 0 Å². The van der Waals surface area contributed by atoms with Gasteiger partial charge in [0.05, 0.1) is 0 Å². The summed E-state index contributed by atoms with van der Waals surface area (Å²) in [5, 5.41) is 2.13. The number of hydrogen-bond donors (Lipinski definition) is 1. The molecule has 27 heavy (non-hydrogen) atoms. The van der Waals surface area contributed by atoms with Gasteiger partial charge in [0, 0.05) is 31.1 Å². The summed E-state index contributed by atoms with van der Waals surface area (Å²) in [6.07, 6.45) is 0. The summed E-state index contributed by atoms with van der Waals surface area (Å²) in [6, 6.07) is 7.64. The Hall–Kier alpha value is -0.160. The zero-order valence-corrected chi connectivity index (χ0v) is 20.6. The fourth-order valence-electron chi connectivity index (χ4n) is 1.56. The van der Waals surface area contributed by atoms with E-state index < -0.39 is 18.4 Å². The van der Waals surface area contributed by atoms with E-state index in [2.05, 4.69) is 49.0 Å². The molecule has 0 saturated heterocycles. The Morgan fingerprint density at radius 3 is 1.48 bits per heavy atom. The van der Waals surface area contributed by atoms with Gasteiger partial charge in [-0.25, -0.2) is 8.42 Å². The van der Waals surface area contributed by atoms with Crippen LogP contribution in [-0.2, 0) is 29.2 Å². The van der Waals surface area contributed by atoms with Crippen molar-refractivity contribution in [3.05, 3.63) is 39.4 Å². The lowest BCUT2D eigenvalue weighted by molar-refractivity contribution is 0.501. The second-order valence-electron chi connectivity index (χ2n) is 7.45. The van der Waals surface area contributed by atoms with Crippen LogP contribution in [0, 0.1) is 0 Å². The Morgan fingerprint density at radius 1 is 0.852 bits per heavy atom. The minimum absolute atomic E-state index is 0.0233. The molecule has 2 aromatic rings. The molecule has 11 heteroatoms. The average molecular weight is 496 g/mol. The summed E-state index contributed by atoms with van der Waals surface area (Å²) >= 11 is 3.06. The van der Waals surface area contributed by atoms with Gasteiger partial charge in [-0.05, 0) is 34.4 Å². The predicted molar refractivity (Wildman–Crippen MR) is 116 cm³/mol. The lowest BCUT2D eigenvalue weighted by Crippen LogP contribution is -2.07. The first kappa shape index (κ1) is 26.8. The largest absolute Gasteiger partial charge is 0.353 e. The van der Waals surface area contributed by atoms with Crippen LogP contribution in [0.15, 0.2) is 33.9 Å². The van der Waals surface area contributed by atoms with Crippen molar-refractivity contribution < 1.29 is 21.4 Å². The van der Waals surface area contributed by atoms with Crippen LogP contribution in [0.4, 0.5) is 0 Å². The first-order chi connectivity index (χ1) is 11.8. The molecule has 0 amide bonds. The highest BCUT2D eigenvalue weighted by Gasteiger charge is 2.20. The summed E-state index contributed by atoms with van der Waals surface area (Å²) in [7, 11) is 1.52. The van der Waals surface area contributed by atoms with E-state index in [0.29, 0.717) is 5.41 Å². The van der Waals surface area contributed by atoms with Gasteiger partial charge >= 0.3 is 9.33 Å². The molecular formula is C16H24Cl2O5S4. The molecule has 0 fully saturated rings. The molecule has 0 atom stereocenters. The normalized spacial score (nSPS) is 12.5. The topological polar surface area (TPSA) is 88.5 Å². The highest BCUT2D eigenvalue weighted by Crippen LogP contribution is 2.32. The van der Waals surface area contributed by atoms with Crippen LogP contribution in [0.1, 0.15) is 51.3 Å². The first-order valence-electron chi connectivity index (χ1n) is 7.58. The van der Waals surface area contributed by atoms with E-state index in [-0.39, 0.29) is 9.62 Å². The molecule has 0 aliphatic rings. The van der Waals surface area contributed by atoms with Gasteiger partial charge in [0.25, 0.3) is 9.05 Å². The lowest BCUT2D eigenvalue weighted by Gasteiger charge is -2.14. The van der Waals surface area contributed by atoms with Gasteiger partial charge in [-0.1, -0.05) is 47.6 Å². The summed E-state index contributed by atoms with van der Waals surface area (Å²) in [6.45, 7) is 12.8. The average Bonchev–Trinajstić information content (AvgIpc) is 3.08. The van der Waals surface area contributed by atoms with Crippen molar-refractivity contribution in [2.75, 3.05) is 0 Å². The quantitative estimate of drug-likeness (QED) is 0.385. The Bertz CT molecular complexity index is 893. The molecule has 0 radical (unpaired) electrons. The van der Waals surface area contributed by atoms with Gasteiger partial charge in [0.2, 0.25) is 0 Å². The van der Waals surface area contributed by atoms with Crippen LogP contribution >= 0.6 is 44.0 Å². The Kier molecular flexibility index (Phi) is 9.99. The highest BCUT2D eigenvalue weighted by molar-refractivity contribution is 8.15. The Balaban J connectivity index is 0.000000419. The summed E-state index contributed by atoms with van der Waals surface area (Å²) in [5.74, 6) is 0. The molecule has 1 N–H and O–H groups in total. The van der Waals surface area contributed by atoms with Gasteiger partial charge in [-0.15, -0.1) is 22.7 Å². The fraction of sp³-hybridized carbons (Fsp3) is 0.500. The summed E-state index contributed by atoms with van der Waals surface area (Å²) < 4.78 is 47.3. The smallest absolute Gasteiger partial charge is 0.273 e. The Morgan fingerprint density at radius 2 is 1.30 bits per heavy atom. The maximum Gasteiger partial charge on any atom is 0.353 e. The third kappa shape index (κ3) is 12.8. The van der Waals surface area contributed by atoms with E-state index in [4.69, 9.17) is 23.7 Å². The minimum Gasteiger partial charge on any atom is -0.273 e. The van der Waals surface area contributed by atoms with E-state index in [0.717, 1.165) is 4.88 Å². The van der Waals surface area contributed by atoms with E-state index >= 15 is 0 Å². The third-order valence-corrected chi connectivity index (χ3v) is 7.72. The van der Waals surface area contributed by atoms with E-state index in [9.17, 15) is 8.42 Å². The second-order valence-corrected chi connectivity index (χ2v) is 14.3. The molecule has 0 aliphatic heterocycles. The molecule has 0 aliphatic carbocycles. The van der Waals surface area contributed by atoms with Crippen molar-refractivity contribution in [2.24, 2.45) is 0 Å². The van der Waals surface area contributed by atoms with E-state index in [1.54, 1.807) is 12.1 Å². The SMILES string of the molecule is CC(C)(C)c1ccc(S(=O)(=O)Cl)s1.CC(C)(C)c1cccs1.O=S(=O)(O)Cl. The molecule has 5 nitrogen and oxygen atoms in total. The molecule has 2 rings (SSSR count). The van der Waals surface area contributed by atoms with Crippen LogP contribution in [-0.4, -0.2) is 21.4 Å². The monoisotopic (exact) mass is 494 g/mol. The molecule has 2 heterocycles. The zero-order chi connectivity index (χ0) is 21.7.